The lowest BCUT2D eigenvalue weighted by atomic mass is 9.85. The van der Waals surface area contributed by atoms with Crippen LogP contribution in [-0.4, -0.2) is 58.0 Å². The van der Waals surface area contributed by atoms with Gasteiger partial charge in [-0.15, -0.1) is 0 Å². The molecule has 0 unspecified atom stereocenters. The highest BCUT2D eigenvalue weighted by atomic mass is 32.1. The number of rotatable bonds is 6. The number of nitrogens with one attached hydrogen (secondary N) is 2. The largest absolute Gasteiger partial charge is 0.433 e. The molecule has 208 valence electrons. The van der Waals surface area contributed by atoms with Gasteiger partial charge in [-0.25, -0.2) is 4.98 Å². The normalized spacial score (nSPS) is 20.6. The number of carbonyl (C=O) groups excluding carboxylic acids is 1. The van der Waals surface area contributed by atoms with Crippen molar-refractivity contribution in [3.8, 4) is 0 Å². The van der Waals surface area contributed by atoms with Gasteiger partial charge in [-0.2, -0.15) is 31.7 Å². The van der Waals surface area contributed by atoms with Gasteiger partial charge in [0.15, 0.2) is 5.82 Å². The molecule has 1 aliphatic carbocycles. The second-order valence-corrected chi connectivity index (χ2v) is 9.55. The Bertz CT molecular complexity index is 1060. The Morgan fingerprint density at radius 3 is 2.41 bits per heavy atom. The molecule has 37 heavy (non-hydrogen) atoms. The Balaban J connectivity index is 0.00000228. The molecule has 0 saturated heterocycles. The lowest BCUT2D eigenvalue weighted by molar-refractivity contribution is -0.141. The number of halogens is 3. The summed E-state index contributed by atoms with van der Waals surface area (Å²) in [6.45, 7) is 6.39. The maximum absolute atomic E-state index is 12.7. The standard InChI is InChI=1S/C23H30F3N7O.2CH4.H2S/c1-12(2)19-21(34)30-18-13(3)28-22(31-20(18)33(19)5)29-15-8-16(9-15)32(4)11-14-6-7-17(27-10-14)23(24,25)26;;;/h6-7,10,12,15-16,19H,8-9,11H2,1-5H3,(H,30,34)(H,28,29,31);2*1H4;1H2/t15?,16?,19-;;;/m0.../s1. The number of anilines is 3. The van der Waals surface area contributed by atoms with E-state index >= 15 is 0 Å². The predicted octanol–water partition coefficient (Wildman–Crippen LogP) is 5.07. The summed E-state index contributed by atoms with van der Waals surface area (Å²) in [5.74, 6) is 1.31. The molecule has 3 heterocycles. The van der Waals surface area contributed by atoms with E-state index in [1.165, 1.54) is 12.3 Å². The molecule has 2 aliphatic rings. The molecule has 0 aromatic carbocycles. The molecule has 4 rings (SSSR count). The third-order valence-electron chi connectivity index (χ3n) is 6.59. The van der Waals surface area contributed by atoms with Crippen molar-refractivity contribution in [3.05, 3.63) is 35.3 Å². The van der Waals surface area contributed by atoms with Crippen LogP contribution in [0.25, 0.3) is 0 Å². The maximum atomic E-state index is 12.7. The zero-order valence-electron chi connectivity index (χ0n) is 20.4. The number of hydrogen-bond donors (Lipinski definition) is 2. The Labute approximate surface area is 224 Å². The molecule has 0 radical (unpaired) electrons. The number of aryl methyl sites for hydroxylation is 1. The van der Waals surface area contributed by atoms with Crippen molar-refractivity contribution >= 4 is 36.9 Å². The Kier molecular flexibility index (Phi) is 10.8. The van der Waals surface area contributed by atoms with Crippen molar-refractivity contribution in [3.63, 3.8) is 0 Å². The van der Waals surface area contributed by atoms with E-state index in [2.05, 4.69) is 30.5 Å². The first-order chi connectivity index (χ1) is 15.9. The zero-order valence-corrected chi connectivity index (χ0v) is 21.4. The number of aromatic nitrogens is 3. The number of amides is 1. The van der Waals surface area contributed by atoms with Gasteiger partial charge < -0.3 is 15.5 Å². The lowest BCUT2D eigenvalue weighted by Crippen LogP contribution is -2.50. The van der Waals surface area contributed by atoms with Gasteiger partial charge in [0.25, 0.3) is 0 Å². The molecule has 2 N–H and O–H groups in total. The van der Waals surface area contributed by atoms with Gasteiger partial charge in [0.1, 0.15) is 17.4 Å². The fourth-order valence-corrected chi connectivity index (χ4v) is 4.63. The summed E-state index contributed by atoms with van der Waals surface area (Å²) in [4.78, 5) is 29.3. The van der Waals surface area contributed by atoms with Crippen LogP contribution in [0.2, 0.25) is 0 Å². The van der Waals surface area contributed by atoms with Crippen LogP contribution >= 0.6 is 13.5 Å². The predicted molar refractivity (Wildman–Crippen MR) is 147 cm³/mol. The van der Waals surface area contributed by atoms with E-state index in [0.717, 1.165) is 24.5 Å². The fourth-order valence-electron chi connectivity index (χ4n) is 4.63. The highest BCUT2D eigenvalue weighted by Gasteiger charge is 2.37. The van der Waals surface area contributed by atoms with Crippen LogP contribution in [0.3, 0.4) is 0 Å². The number of alkyl halides is 3. The van der Waals surface area contributed by atoms with E-state index in [1.807, 2.05) is 39.8 Å². The number of hydrogen-bond acceptors (Lipinski definition) is 7. The van der Waals surface area contributed by atoms with E-state index in [-0.39, 0.29) is 52.3 Å². The van der Waals surface area contributed by atoms with Crippen LogP contribution in [0.4, 0.5) is 30.6 Å². The van der Waals surface area contributed by atoms with E-state index in [1.54, 1.807) is 0 Å². The lowest BCUT2D eigenvalue weighted by Gasteiger charge is -2.42. The van der Waals surface area contributed by atoms with Crippen LogP contribution in [0, 0.1) is 12.8 Å². The molecule has 2 aromatic rings. The van der Waals surface area contributed by atoms with Gasteiger partial charge in [-0.05, 0) is 44.4 Å². The molecule has 1 atom stereocenters. The average Bonchev–Trinajstić information content (AvgIpc) is 2.70. The summed E-state index contributed by atoms with van der Waals surface area (Å²) in [5.41, 5.74) is 1.21. The smallest absolute Gasteiger partial charge is 0.351 e. The minimum atomic E-state index is -4.43. The van der Waals surface area contributed by atoms with E-state index < -0.39 is 11.9 Å². The first-order valence-electron chi connectivity index (χ1n) is 11.3. The number of carbonyl (C=O) groups is 1. The van der Waals surface area contributed by atoms with E-state index in [9.17, 15) is 18.0 Å². The maximum Gasteiger partial charge on any atom is 0.433 e. The summed E-state index contributed by atoms with van der Waals surface area (Å²) in [7, 11) is 3.84. The van der Waals surface area contributed by atoms with Crippen LogP contribution in [-0.2, 0) is 17.5 Å². The monoisotopic (exact) mass is 543 g/mol. The van der Waals surface area contributed by atoms with Crippen molar-refractivity contribution in [1.29, 1.82) is 0 Å². The minimum absolute atomic E-state index is 0. The van der Waals surface area contributed by atoms with Crippen molar-refractivity contribution < 1.29 is 18.0 Å². The third kappa shape index (κ3) is 6.84. The molecule has 1 saturated carbocycles. The summed E-state index contributed by atoms with van der Waals surface area (Å²) < 4.78 is 38.1. The van der Waals surface area contributed by atoms with Crippen LogP contribution in [0.15, 0.2) is 18.3 Å². The van der Waals surface area contributed by atoms with Crippen LogP contribution in [0.1, 0.15) is 58.5 Å². The number of nitrogens with zero attached hydrogens (tertiary/aromatic N) is 5. The van der Waals surface area contributed by atoms with Crippen LogP contribution in [0.5, 0.6) is 0 Å². The zero-order chi connectivity index (χ0) is 24.8. The van der Waals surface area contributed by atoms with Gasteiger partial charge in [0.2, 0.25) is 11.9 Å². The second kappa shape index (κ2) is 12.3. The van der Waals surface area contributed by atoms with Gasteiger partial charge >= 0.3 is 6.18 Å². The molecule has 0 spiro atoms. The summed E-state index contributed by atoms with van der Waals surface area (Å²) >= 11 is 0. The molecular formula is C25H40F3N7OS. The summed E-state index contributed by atoms with van der Waals surface area (Å²) in [6, 6.07) is 2.69. The molecule has 1 aliphatic heterocycles. The topological polar surface area (TPSA) is 86.3 Å². The number of fused-ring (bicyclic) bond motifs is 1. The summed E-state index contributed by atoms with van der Waals surface area (Å²) in [5, 5.41) is 6.34. The second-order valence-electron chi connectivity index (χ2n) is 9.55. The van der Waals surface area contributed by atoms with Crippen molar-refractivity contribution in [2.45, 2.75) is 79.3 Å². The third-order valence-corrected chi connectivity index (χ3v) is 6.59. The Morgan fingerprint density at radius 1 is 1.22 bits per heavy atom. The Hall–Kier alpha value is -2.60. The average molecular weight is 544 g/mol. The first kappa shape index (κ1) is 32.4. The fraction of sp³-hybridized carbons (Fsp3) is 0.600. The number of pyridine rings is 1. The van der Waals surface area contributed by atoms with Crippen molar-refractivity contribution in [1.82, 2.24) is 19.9 Å². The van der Waals surface area contributed by atoms with Crippen molar-refractivity contribution in [2.24, 2.45) is 5.92 Å². The van der Waals surface area contributed by atoms with Crippen LogP contribution < -0.4 is 15.5 Å². The molecule has 8 nitrogen and oxygen atoms in total. The number of likely N-dealkylation sites (N-methyl/N-ethyl adjacent to an activating group) is 1. The molecule has 0 bridgehead atoms. The summed E-state index contributed by atoms with van der Waals surface area (Å²) in [6.07, 6.45) is -1.40. The molecular weight excluding hydrogens is 503 g/mol. The van der Waals surface area contributed by atoms with Gasteiger partial charge in [0, 0.05) is 31.9 Å². The molecule has 1 fully saturated rings. The quantitative estimate of drug-likeness (QED) is 0.526. The molecule has 2 aromatic heterocycles. The van der Waals surface area contributed by atoms with E-state index in [4.69, 9.17) is 0 Å². The molecule has 12 heteroatoms. The Morgan fingerprint density at radius 2 is 1.86 bits per heavy atom. The van der Waals surface area contributed by atoms with Gasteiger partial charge in [0.05, 0.1) is 5.69 Å². The molecule has 1 amide bonds. The highest BCUT2D eigenvalue weighted by molar-refractivity contribution is 7.59. The van der Waals surface area contributed by atoms with Gasteiger partial charge in [-0.3, -0.25) is 14.7 Å². The minimum Gasteiger partial charge on any atom is -0.351 e. The highest BCUT2D eigenvalue weighted by Crippen LogP contribution is 2.35. The van der Waals surface area contributed by atoms with Gasteiger partial charge in [-0.1, -0.05) is 34.8 Å². The SMILES string of the molecule is C.C.Cc1nc(NC2CC(N(C)Cc3ccc(C(F)(F)F)nc3)C2)nc2c1NC(=O)[C@H](C(C)C)N2C.S. The first-order valence-corrected chi connectivity index (χ1v) is 11.3. The van der Waals surface area contributed by atoms with E-state index in [0.29, 0.717) is 35.7 Å². The van der Waals surface area contributed by atoms with Crippen molar-refractivity contribution in [2.75, 3.05) is 29.6 Å².